The van der Waals surface area contributed by atoms with E-state index in [1.807, 2.05) is 6.07 Å². The maximum Gasteiger partial charge on any atom is 0.151 e. The number of aryl methyl sites for hydroxylation is 2. The first-order valence-electron chi connectivity index (χ1n) is 6.61. The minimum Gasteiger partial charge on any atom is -0.330 e. The number of nitrogens with two attached hydrogens (primary N) is 1. The molecule has 0 aliphatic heterocycles. The Morgan fingerprint density at radius 2 is 2.17 bits per heavy atom. The van der Waals surface area contributed by atoms with Gasteiger partial charge in [0.1, 0.15) is 11.3 Å². The molecular weight excluding hydrogens is 229 g/mol. The fourth-order valence-corrected chi connectivity index (χ4v) is 2.25. The van der Waals surface area contributed by atoms with E-state index in [4.69, 9.17) is 5.73 Å². The molecule has 0 fully saturated rings. The molecule has 0 saturated carbocycles. The second kappa shape index (κ2) is 5.96. The number of aromatic nitrogens is 2. The molecule has 1 heterocycles. The molecule has 2 rings (SSSR count). The summed E-state index contributed by atoms with van der Waals surface area (Å²) in [5.41, 5.74) is 6.90. The van der Waals surface area contributed by atoms with Gasteiger partial charge < -0.3 is 10.3 Å². The molecule has 0 saturated heterocycles. The summed E-state index contributed by atoms with van der Waals surface area (Å²) in [6.07, 6.45) is 3.88. The van der Waals surface area contributed by atoms with Gasteiger partial charge in [-0.2, -0.15) is 0 Å². The lowest BCUT2D eigenvalue weighted by Crippen LogP contribution is -2.05. The molecule has 0 atom stereocenters. The van der Waals surface area contributed by atoms with E-state index in [9.17, 15) is 4.39 Å². The van der Waals surface area contributed by atoms with Gasteiger partial charge in [-0.1, -0.05) is 13.0 Å². The van der Waals surface area contributed by atoms with Crippen LogP contribution in [0.15, 0.2) is 18.2 Å². The number of halogens is 1. The van der Waals surface area contributed by atoms with Crippen LogP contribution in [-0.2, 0) is 13.0 Å². The molecule has 18 heavy (non-hydrogen) atoms. The van der Waals surface area contributed by atoms with Crippen LogP contribution in [0.5, 0.6) is 0 Å². The van der Waals surface area contributed by atoms with Crippen LogP contribution in [0.2, 0.25) is 0 Å². The highest BCUT2D eigenvalue weighted by molar-refractivity contribution is 5.76. The zero-order chi connectivity index (χ0) is 13.0. The maximum absolute atomic E-state index is 13.7. The van der Waals surface area contributed by atoms with Gasteiger partial charge in [0.15, 0.2) is 5.82 Å². The Labute approximate surface area is 107 Å². The molecule has 0 unspecified atom stereocenters. The van der Waals surface area contributed by atoms with Crippen molar-refractivity contribution in [2.45, 2.75) is 39.2 Å². The maximum atomic E-state index is 13.7. The van der Waals surface area contributed by atoms with Crippen LogP contribution in [0.1, 0.15) is 32.0 Å². The summed E-state index contributed by atoms with van der Waals surface area (Å²) >= 11 is 0. The minimum atomic E-state index is -0.234. The predicted molar refractivity (Wildman–Crippen MR) is 72.0 cm³/mol. The number of nitrogens with zero attached hydrogens (tertiary/aromatic N) is 2. The first-order chi connectivity index (χ1) is 8.77. The number of rotatable bonds is 6. The largest absolute Gasteiger partial charge is 0.330 e. The predicted octanol–water partition coefficient (Wildman–Crippen LogP) is 2.87. The van der Waals surface area contributed by atoms with Crippen LogP contribution in [0.25, 0.3) is 11.0 Å². The van der Waals surface area contributed by atoms with Crippen LogP contribution in [0.4, 0.5) is 4.39 Å². The smallest absolute Gasteiger partial charge is 0.151 e. The zero-order valence-corrected chi connectivity index (χ0v) is 10.8. The molecule has 2 N–H and O–H groups in total. The second-order valence-corrected chi connectivity index (χ2v) is 4.53. The van der Waals surface area contributed by atoms with Crippen molar-refractivity contribution in [1.82, 2.24) is 9.55 Å². The fraction of sp³-hybridized carbons (Fsp3) is 0.500. The summed E-state index contributed by atoms with van der Waals surface area (Å²) in [5.74, 6) is 0.743. The highest BCUT2D eigenvalue weighted by atomic mass is 19.1. The van der Waals surface area contributed by atoms with Gasteiger partial charge >= 0.3 is 0 Å². The third-order valence-corrected chi connectivity index (χ3v) is 3.11. The first kappa shape index (κ1) is 13.0. The molecule has 0 bridgehead atoms. The molecule has 0 spiro atoms. The third kappa shape index (κ3) is 2.53. The summed E-state index contributed by atoms with van der Waals surface area (Å²) in [6.45, 7) is 3.70. The van der Waals surface area contributed by atoms with E-state index >= 15 is 0 Å². The number of benzene rings is 1. The Bertz CT molecular complexity index is 519. The Morgan fingerprint density at radius 1 is 1.33 bits per heavy atom. The Morgan fingerprint density at radius 3 is 2.89 bits per heavy atom. The Balaban J connectivity index is 2.37. The number of unbranched alkanes of at least 4 members (excludes halogenated alkanes) is 1. The van der Waals surface area contributed by atoms with E-state index in [-0.39, 0.29) is 5.82 Å². The summed E-state index contributed by atoms with van der Waals surface area (Å²) in [4.78, 5) is 4.45. The van der Waals surface area contributed by atoms with Crippen molar-refractivity contribution in [3.63, 3.8) is 0 Å². The number of hydrogen-bond acceptors (Lipinski definition) is 2. The minimum absolute atomic E-state index is 0.234. The summed E-state index contributed by atoms with van der Waals surface area (Å²) < 4.78 is 15.8. The van der Waals surface area contributed by atoms with Gasteiger partial charge in [-0.05, 0) is 37.9 Å². The van der Waals surface area contributed by atoms with Crippen molar-refractivity contribution in [2.24, 2.45) is 5.73 Å². The quantitative estimate of drug-likeness (QED) is 0.800. The van der Waals surface area contributed by atoms with Gasteiger partial charge in [0, 0.05) is 13.0 Å². The van der Waals surface area contributed by atoms with Gasteiger partial charge in [0.05, 0.1) is 5.52 Å². The van der Waals surface area contributed by atoms with Crippen molar-refractivity contribution in [2.75, 3.05) is 6.54 Å². The third-order valence-electron chi connectivity index (χ3n) is 3.11. The lowest BCUT2D eigenvalue weighted by molar-refractivity contribution is 0.626. The van der Waals surface area contributed by atoms with E-state index in [1.54, 1.807) is 6.07 Å². The summed E-state index contributed by atoms with van der Waals surface area (Å²) in [6, 6.07) is 5.15. The van der Waals surface area contributed by atoms with Crippen LogP contribution in [0.3, 0.4) is 0 Å². The zero-order valence-electron chi connectivity index (χ0n) is 10.8. The van der Waals surface area contributed by atoms with Crippen LogP contribution < -0.4 is 5.73 Å². The number of hydrogen-bond donors (Lipinski definition) is 1. The standard InChI is InChI=1S/C14H20FN3/c1-2-10-18-12-7-5-6-11(15)14(12)17-13(18)8-3-4-9-16/h5-7H,2-4,8-10,16H2,1H3. The SMILES string of the molecule is CCCn1c(CCCCN)nc2c(F)cccc21. The van der Waals surface area contributed by atoms with Gasteiger partial charge in [-0.3, -0.25) is 0 Å². The van der Waals surface area contributed by atoms with E-state index in [0.717, 1.165) is 43.6 Å². The summed E-state index contributed by atoms with van der Waals surface area (Å²) in [5, 5.41) is 0. The van der Waals surface area contributed by atoms with E-state index in [1.165, 1.54) is 6.07 Å². The second-order valence-electron chi connectivity index (χ2n) is 4.53. The molecule has 0 aliphatic rings. The van der Waals surface area contributed by atoms with Gasteiger partial charge in [0.2, 0.25) is 0 Å². The van der Waals surface area contributed by atoms with Crippen molar-refractivity contribution >= 4 is 11.0 Å². The molecule has 0 amide bonds. The first-order valence-corrected chi connectivity index (χ1v) is 6.61. The molecule has 4 heteroatoms. The Hall–Kier alpha value is -1.42. The number of imidazole rings is 1. The highest BCUT2D eigenvalue weighted by Crippen LogP contribution is 2.20. The van der Waals surface area contributed by atoms with Gasteiger partial charge in [0.25, 0.3) is 0 Å². The van der Waals surface area contributed by atoms with Crippen LogP contribution >= 0.6 is 0 Å². The monoisotopic (exact) mass is 249 g/mol. The average Bonchev–Trinajstić information content (AvgIpc) is 2.71. The molecular formula is C14H20FN3. The summed E-state index contributed by atoms with van der Waals surface area (Å²) in [7, 11) is 0. The lowest BCUT2D eigenvalue weighted by Gasteiger charge is -2.07. The molecule has 3 nitrogen and oxygen atoms in total. The van der Waals surface area contributed by atoms with Crippen molar-refractivity contribution in [3.8, 4) is 0 Å². The van der Waals surface area contributed by atoms with E-state index < -0.39 is 0 Å². The number of para-hydroxylation sites is 1. The Kier molecular flexibility index (Phi) is 4.31. The lowest BCUT2D eigenvalue weighted by atomic mass is 10.2. The van der Waals surface area contributed by atoms with E-state index in [2.05, 4.69) is 16.5 Å². The van der Waals surface area contributed by atoms with E-state index in [0.29, 0.717) is 12.1 Å². The van der Waals surface area contributed by atoms with Gasteiger partial charge in [-0.15, -0.1) is 0 Å². The van der Waals surface area contributed by atoms with Crippen LogP contribution in [0, 0.1) is 5.82 Å². The highest BCUT2D eigenvalue weighted by Gasteiger charge is 2.12. The average molecular weight is 249 g/mol. The fourth-order valence-electron chi connectivity index (χ4n) is 2.25. The van der Waals surface area contributed by atoms with Crippen LogP contribution in [-0.4, -0.2) is 16.1 Å². The van der Waals surface area contributed by atoms with Crippen molar-refractivity contribution < 1.29 is 4.39 Å². The molecule has 98 valence electrons. The molecule has 1 aromatic carbocycles. The van der Waals surface area contributed by atoms with Crippen molar-refractivity contribution in [3.05, 3.63) is 29.8 Å². The van der Waals surface area contributed by atoms with Crippen molar-refractivity contribution in [1.29, 1.82) is 0 Å². The van der Waals surface area contributed by atoms with Gasteiger partial charge in [-0.25, -0.2) is 9.37 Å². The topological polar surface area (TPSA) is 43.8 Å². The molecule has 1 aromatic heterocycles. The normalized spacial score (nSPS) is 11.3. The molecule has 0 aliphatic carbocycles. The molecule has 0 radical (unpaired) electrons. The molecule has 2 aromatic rings. The number of fused-ring (bicyclic) bond motifs is 1.